The Balaban J connectivity index is 1.29. The fraction of sp³-hybridized carbons (Fsp3) is 0.303. The van der Waals surface area contributed by atoms with E-state index in [1.807, 2.05) is 18.2 Å². The number of nitrogens with zero attached hydrogens (tertiary/aromatic N) is 6. The third-order valence-electron chi connectivity index (χ3n) is 7.45. The number of halogens is 3. The van der Waals surface area contributed by atoms with Crippen LogP contribution in [0.2, 0.25) is 0 Å². The third kappa shape index (κ3) is 8.04. The quantitative estimate of drug-likeness (QED) is 0.205. The van der Waals surface area contributed by atoms with Crippen LogP contribution in [0, 0.1) is 11.3 Å². The monoisotopic (exact) mass is 663 g/mol. The van der Waals surface area contributed by atoms with Gasteiger partial charge < -0.3 is 19.7 Å². The number of ether oxygens (including phenoxy) is 2. The molecule has 4 aromatic rings. The molecule has 1 saturated heterocycles. The van der Waals surface area contributed by atoms with Crippen LogP contribution in [0.25, 0.3) is 17.1 Å². The van der Waals surface area contributed by atoms with E-state index in [-0.39, 0.29) is 17.7 Å². The van der Waals surface area contributed by atoms with Gasteiger partial charge in [0, 0.05) is 23.0 Å². The number of thioether (sulfide) groups is 1. The zero-order chi connectivity index (χ0) is 33.7. The molecule has 2 unspecified atom stereocenters. The summed E-state index contributed by atoms with van der Waals surface area (Å²) in [6.45, 7) is 6.31. The Morgan fingerprint density at radius 2 is 1.81 bits per heavy atom. The average molecular weight is 664 g/mol. The number of hydrogen-bond acceptors (Lipinski definition) is 7. The zero-order valence-corrected chi connectivity index (χ0v) is 26.8. The normalized spacial score (nSPS) is 16.5. The van der Waals surface area contributed by atoms with E-state index in [2.05, 4.69) is 56.9 Å². The number of benzene rings is 3. The molecular weight excluding hydrogens is 631 g/mol. The Bertz CT molecular complexity index is 1780. The van der Waals surface area contributed by atoms with Crippen molar-refractivity contribution < 1.29 is 27.4 Å². The molecule has 1 aliphatic rings. The number of carbonyl (C=O) groups is 1. The summed E-state index contributed by atoms with van der Waals surface area (Å²) in [6.07, 6.45) is -2.43. The van der Waals surface area contributed by atoms with E-state index in [1.54, 1.807) is 31.4 Å². The van der Waals surface area contributed by atoms with Crippen LogP contribution in [-0.4, -0.2) is 51.2 Å². The molecule has 0 aliphatic carbocycles. The average Bonchev–Trinajstić information content (AvgIpc) is 3.54. The highest BCUT2D eigenvalue weighted by atomic mass is 32.2. The number of urea groups is 1. The highest BCUT2D eigenvalue weighted by molar-refractivity contribution is 8.14. The maximum Gasteiger partial charge on any atom is 0.573 e. The number of amides is 2. The van der Waals surface area contributed by atoms with E-state index in [0.717, 1.165) is 29.2 Å². The minimum atomic E-state index is -4.78. The molecule has 0 saturated carbocycles. The smallest absolute Gasteiger partial charge is 0.497 e. The lowest BCUT2D eigenvalue weighted by Crippen LogP contribution is -2.43. The Kier molecular flexibility index (Phi) is 10.0. The van der Waals surface area contributed by atoms with Crippen molar-refractivity contribution in [2.45, 2.75) is 51.6 Å². The second kappa shape index (κ2) is 14.2. The Morgan fingerprint density at radius 1 is 1.11 bits per heavy atom. The summed E-state index contributed by atoms with van der Waals surface area (Å²) in [4.78, 5) is 24.0. The number of amidine groups is 1. The van der Waals surface area contributed by atoms with Gasteiger partial charge in [-0.1, -0.05) is 49.9 Å². The minimum Gasteiger partial charge on any atom is -0.497 e. The summed E-state index contributed by atoms with van der Waals surface area (Å²) in [7, 11) is 1.63. The van der Waals surface area contributed by atoms with Crippen molar-refractivity contribution in [3.8, 4) is 34.6 Å². The van der Waals surface area contributed by atoms with Gasteiger partial charge in [0.15, 0.2) is 11.0 Å². The maximum atomic E-state index is 13.2. The van der Waals surface area contributed by atoms with E-state index >= 15 is 0 Å². The molecule has 2 heterocycles. The first-order valence-corrected chi connectivity index (χ1v) is 15.7. The maximum absolute atomic E-state index is 13.2. The van der Waals surface area contributed by atoms with E-state index in [0.29, 0.717) is 27.8 Å². The lowest BCUT2D eigenvalue weighted by Gasteiger charge is -2.37. The molecule has 5 rings (SSSR count). The number of carbonyl (C=O) groups excluding carboxylic acids is 1. The van der Waals surface area contributed by atoms with Crippen molar-refractivity contribution in [1.82, 2.24) is 20.1 Å². The first kappa shape index (κ1) is 33.3. The van der Waals surface area contributed by atoms with Crippen LogP contribution < -0.4 is 19.7 Å². The lowest BCUT2D eigenvalue weighted by atomic mass is 9.99. The molecule has 0 bridgehead atoms. The summed E-state index contributed by atoms with van der Waals surface area (Å²) in [6, 6.07) is 18.6. The topological polar surface area (TPSA) is 118 Å². The highest BCUT2D eigenvalue weighted by Gasteiger charge is 2.31. The molecule has 1 aromatic heterocycles. The van der Waals surface area contributed by atoms with Gasteiger partial charge >= 0.3 is 12.4 Å². The minimum absolute atomic E-state index is 0.104. The second-order valence-corrected chi connectivity index (χ2v) is 12.1. The van der Waals surface area contributed by atoms with Crippen LogP contribution >= 0.6 is 11.8 Å². The summed E-state index contributed by atoms with van der Waals surface area (Å²) in [5.41, 5.74) is 3.71. The van der Waals surface area contributed by atoms with Gasteiger partial charge in [-0.2, -0.15) is 10.3 Å². The molecular formula is C33H32F3N7O3S. The van der Waals surface area contributed by atoms with Gasteiger partial charge in [0.2, 0.25) is 0 Å². The molecule has 10 nitrogen and oxygen atoms in total. The van der Waals surface area contributed by atoms with Gasteiger partial charge in [0.1, 0.15) is 23.9 Å². The molecule has 1 aliphatic heterocycles. The number of rotatable bonds is 8. The fourth-order valence-corrected chi connectivity index (χ4v) is 6.26. The Hall–Kier alpha value is -5.03. The fourth-order valence-electron chi connectivity index (χ4n) is 5.05. The molecule has 3 aromatic carbocycles. The predicted molar refractivity (Wildman–Crippen MR) is 174 cm³/mol. The predicted octanol–water partition coefficient (Wildman–Crippen LogP) is 7.63. The molecule has 14 heteroatoms. The number of nitriles is 1. The molecule has 1 fully saturated rings. The summed E-state index contributed by atoms with van der Waals surface area (Å²) < 4.78 is 48.1. The van der Waals surface area contributed by atoms with E-state index in [4.69, 9.17) is 4.74 Å². The molecule has 1 N–H and O–H groups in total. The van der Waals surface area contributed by atoms with E-state index < -0.39 is 18.4 Å². The van der Waals surface area contributed by atoms with Crippen molar-refractivity contribution in [1.29, 1.82) is 5.26 Å². The molecule has 2 atom stereocenters. The standard InChI is InChI=1S/C33H32F3N7O3S/c1-20(2)27-17-26(45-4)13-14-29(27)43-21(3)15-16-47-32(43)40-31(44)39-28(18-37)22-5-7-23(8-6-22)30-38-19-42(41-30)24-9-11-25(12-10-24)46-33(34,35)36/h5-14,17,19-21,28H,15-16H2,1-4H3,(H,39,44). The van der Waals surface area contributed by atoms with Gasteiger partial charge in [-0.15, -0.1) is 18.3 Å². The zero-order valence-electron chi connectivity index (χ0n) is 26.0. The highest BCUT2D eigenvalue weighted by Crippen LogP contribution is 2.37. The number of nitrogens with one attached hydrogen (secondary N) is 1. The number of methoxy groups -OCH3 is 1. The Morgan fingerprint density at radius 3 is 2.45 bits per heavy atom. The third-order valence-corrected chi connectivity index (χ3v) is 8.44. The molecule has 2 amide bonds. The van der Waals surface area contributed by atoms with Gasteiger partial charge in [0.05, 0.1) is 18.9 Å². The lowest BCUT2D eigenvalue weighted by molar-refractivity contribution is -0.274. The van der Waals surface area contributed by atoms with Crippen LogP contribution in [0.4, 0.5) is 23.7 Å². The number of hydrogen-bond donors (Lipinski definition) is 1. The van der Waals surface area contributed by atoms with Gasteiger partial charge in [-0.25, -0.2) is 14.5 Å². The SMILES string of the molecule is COc1ccc(N2C(=NC(=O)NC(C#N)c3ccc(-c4ncn(-c5ccc(OC(F)(F)F)cc5)n4)cc3)SCCC2C)c(C(C)C)c1. The molecule has 0 radical (unpaired) electrons. The van der Waals surface area contributed by atoms with Crippen molar-refractivity contribution in [3.05, 3.63) is 84.2 Å². The molecule has 47 heavy (non-hydrogen) atoms. The van der Waals surface area contributed by atoms with Crippen molar-refractivity contribution in [3.63, 3.8) is 0 Å². The number of aliphatic imine (C=N–C) groups is 1. The second-order valence-electron chi connectivity index (χ2n) is 11.0. The van der Waals surface area contributed by atoms with Crippen molar-refractivity contribution >= 4 is 28.6 Å². The first-order valence-electron chi connectivity index (χ1n) is 14.7. The number of anilines is 1. The number of alkyl halides is 3. The summed E-state index contributed by atoms with van der Waals surface area (Å²) in [5, 5.41) is 17.6. The number of aromatic nitrogens is 3. The van der Waals surface area contributed by atoms with Gasteiger partial charge in [-0.05, 0) is 72.9 Å². The van der Waals surface area contributed by atoms with E-state index in [1.165, 1.54) is 47.0 Å². The van der Waals surface area contributed by atoms with E-state index in [9.17, 15) is 23.2 Å². The van der Waals surface area contributed by atoms with Crippen LogP contribution in [0.5, 0.6) is 11.5 Å². The van der Waals surface area contributed by atoms with Crippen LogP contribution in [0.1, 0.15) is 50.3 Å². The van der Waals surface area contributed by atoms with Crippen LogP contribution in [0.3, 0.4) is 0 Å². The van der Waals surface area contributed by atoms with Crippen molar-refractivity contribution in [2.75, 3.05) is 17.8 Å². The van der Waals surface area contributed by atoms with Gasteiger partial charge in [-0.3, -0.25) is 0 Å². The first-order chi connectivity index (χ1) is 22.5. The molecule has 0 spiro atoms. The molecule has 244 valence electrons. The summed E-state index contributed by atoms with van der Waals surface area (Å²) >= 11 is 1.50. The van der Waals surface area contributed by atoms with Crippen molar-refractivity contribution in [2.24, 2.45) is 4.99 Å². The Labute approximate surface area is 274 Å². The summed E-state index contributed by atoms with van der Waals surface area (Å²) in [5.74, 6) is 1.79. The van der Waals surface area contributed by atoms with Gasteiger partial charge in [0.25, 0.3) is 0 Å². The van der Waals surface area contributed by atoms with Crippen LogP contribution in [0.15, 0.2) is 78.0 Å². The van der Waals surface area contributed by atoms with Crippen LogP contribution in [-0.2, 0) is 0 Å². The largest absolute Gasteiger partial charge is 0.573 e.